The van der Waals surface area contributed by atoms with Crippen LogP contribution < -0.4 is 5.32 Å². The summed E-state index contributed by atoms with van der Waals surface area (Å²) in [6.07, 6.45) is 0.111. The molecule has 1 radical (unpaired) electrons. The van der Waals surface area contributed by atoms with Crippen LogP contribution in [0.15, 0.2) is 0 Å². The van der Waals surface area contributed by atoms with Crippen LogP contribution in [-0.4, -0.2) is 65.4 Å². The van der Waals surface area contributed by atoms with Gasteiger partial charge in [-0.3, -0.25) is 4.79 Å². The first-order chi connectivity index (χ1) is 4.27. The number of carboxylic acid groups (broad SMARTS) is 1. The Kier molecular flexibility index (Phi) is 12.2. The molecule has 0 spiro atoms. The monoisotopic (exact) mass is 156 g/mol. The van der Waals surface area contributed by atoms with Crippen LogP contribution >= 0.6 is 0 Å². The van der Waals surface area contributed by atoms with Crippen molar-refractivity contribution in [3.05, 3.63) is 0 Å². The number of aliphatic carboxylic acids is 1. The maximum absolute atomic E-state index is 9.86. The molecule has 0 aliphatic rings. The largest absolute Gasteiger partial charge is 0.481 e. The minimum atomic E-state index is -0.819. The Hall–Kier alpha value is 0.390. The molecule has 3 N–H and O–H groups in total. The first kappa shape index (κ1) is 13.0. The average molecular weight is 156 g/mol. The van der Waals surface area contributed by atoms with Crippen molar-refractivity contribution in [1.82, 2.24) is 5.32 Å². The molecule has 0 unspecified atom stereocenters. The van der Waals surface area contributed by atoms with E-state index in [9.17, 15) is 4.79 Å². The van der Waals surface area contributed by atoms with Crippen LogP contribution in [0.5, 0.6) is 0 Å². The normalized spacial score (nSPS) is 8.50. The van der Waals surface area contributed by atoms with Gasteiger partial charge in [0, 0.05) is 42.6 Å². The van der Waals surface area contributed by atoms with Crippen LogP contribution in [0.1, 0.15) is 6.42 Å². The van der Waals surface area contributed by atoms with Gasteiger partial charge in [-0.2, -0.15) is 0 Å². The van der Waals surface area contributed by atoms with Crippen LogP contribution in [0.2, 0.25) is 0 Å². The van der Waals surface area contributed by atoms with E-state index in [2.05, 4.69) is 5.32 Å². The summed E-state index contributed by atoms with van der Waals surface area (Å²) in [6, 6.07) is 0. The van der Waals surface area contributed by atoms with Gasteiger partial charge >= 0.3 is 5.97 Å². The first-order valence-corrected chi connectivity index (χ1v) is 2.80. The molecule has 10 heavy (non-hydrogen) atoms. The van der Waals surface area contributed by atoms with Crippen molar-refractivity contribution in [2.24, 2.45) is 0 Å². The fraction of sp³-hybridized carbons (Fsp3) is 0.800. The molecule has 0 amide bonds. The smallest absolute Gasteiger partial charge is 0.304 e. The van der Waals surface area contributed by atoms with Crippen LogP contribution in [0.4, 0.5) is 0 Å². The summed E-state index contributed by atoms with van der Waals surface area (Å²) in [4.78, 5) is 9.86. The number of carboxylic acids is 1. The van der Waals surface area contributed by atoms with Gasteiger partial charge in [-0.1, -0.05) is 0 Å². The summed E-state index contributed by atoms with van der Waals surface area (Å²) < 4.78 is 0. The molecular formula is C5H11NNaO3. The van der Waals surface area contributed by atoms with E-state index in [4.69, 9.17) is 10.2 Å². The van der Waals surface area contributed by atoms with Crippen molar-refractivity contribution in [2.45, 2.75) is 6.42 Å². The molecule has 0 aliphatic heterocycles. The van der Waals surface area contributed by atoms with Crippen LogP contribution in [0.25, 0.3) is 0 Å². The maximum Gasteiger partial charge on any atom is 0.304 e. The molecule has 0 aromatic heterocycles. The SMILES string of the molecule is O=C(O)CCNCCO.[Na]. The van der Waals surface area contributed by atoms with E-state index < -0.39 is 5.97 Å². The van der Waals surface area contributed by atoms with E-state index in [0.29, 0.717) is 13.1 Å². The van der Waals surface area contributed by atoms with E-state index in [1.54, 1.807) is 0 Å². The van der Waals surface area contributed by atoms with E-state index in [1.807, 2.05) is 0 Å². The van der Waals surface area contributed by atoms with Crippen molar-refractivity contribution < 1.29 is 15.0 Å². The molecule has 0 aliphatic carbocycles. The van der Waals surface area contributed by atoms with Crippen molar-refractivity contribution in [3.63, 3.8) is 0 Å². The Balaban J connectivity index is 0. The molecule has 0 atom stereocenters. The van der Waals surface area contributed by atoms with E-state index in [0.717, 1.165) is 0 Å². The van der Waals surface area contributed by atoms with Gasteiger partial charge in [-0.05, 0) is 0 Å². The topological polar surface area (TPSA) is 69.6 Å². The van der Waals surface area contributed by atoms with E-state index >= 15 is 0 Å². The van der Waals surface area contributed by atoms with Crippen molar-refractivity contribution >= 4 is 35.5 Å². The Bertz CT molecular complexity index is 89.0. The minimum absolute atomic E-state index is 0. The van der Waals surface area contributed by atoms with Gasteiger partial charge in [0.1, 0.15) is 0 Å². The van der Waals surface area contributed by atoms with Gasteiger partial charge in [-0.25, -0.2) is 0 Å². The second kappa shape index (κ2) is 9.39. The van der Waals surface area contributed by atoms with Gasteiger partial charge in [0.05, 0.1) is 13.0 Å². The third-order valence-electron chi connectivity index (χ3n) is 0.804. The molecule has 0 fully saturated rings. The third-order valence-corrected chi connectivity index (χ3v) is 0.804. The molecule has 0 aromatic carbocycles. The fourth-order valence-corrected chi connectivity index (χ4v) is 0.399. The van der Waals surface area contributed by atoms with Crippen LogP contribution in [0.3, 0.4) is 0 Å². The predicted octanol–water partition coefficient (Wildman–Crippen LogP) is -1.34. The molecule has 0 rings (SSSR count). The molecule has 0 saturated heterocycles. The summed E-state index contributed by atoms with van der Waals surface area (Å²) in [5.41, 5.74) is 0. The predicted molar refractivity (Wildman–Crippen MR) is 38.0 cm³/mol. The maximum atomic E-state index is 9.86. The Morgan fingerprint density at radius 3 is 2.40 bits per heavy atom. The number of hydrogen-bond acceptors (Lipinski definition) is 3. The van der Waals surface area contributed by atoms with Gasteiger partial charge in [0.25, 0.3) is 0 Å². The van der Waals surface area contributed by atoms with Gasteiger partial charge in [-0.15, -0.1) is 0 Å². The number of hydrogen-bond donors (Lipinski definition) is 3. The van der Waals surface area contributed by atoms with Crippen LogP contribution in [-0.2, 0) is 4.79 Å². The first-order valence-electron chi connectivity index (χ1n) is 2.80. The summed E-state index contributed by atoms with van der Waals surface area (Å²) in [5, 5.41) is 19.1. The quantitative estimate of drug-likeness (QED) is 0.340. The third kappa shape index (κ3) is 11.2. The molecular weight excluding hydrogens is 145 g/mol. The zero-order valence-corrected chi connectivity index (χ0v) is 8.13. The number of rotatable bonds is 5. The molecule has 0 saturated carbocycles. The Labute approximate surface area is 81.9 Å². The number of nitrogens with one attached hydrogen (secondary N) is 1. The van der Waals surface area contributed by atoms with E-state index in [-0.39, 0.29) is 42.6 Å². The van der Waals surface area contributed by atoms with Gasteiger partial charge in [0.15, 0.2) is 0 Å². The number of aliphatic hydroxyl groups excluding tert-OH is 1. The summed E-state index contributed by atoms with van der Waals surface area (Å²) in [7, 11) is 0. The van der Waals surface area contributed by atoms with Crippen molar-refractivity contribution in [2.75, 3.05) is 19.7 Å². The molecule has 5 heteroatoms. The second-order valence-corrected chi connectivity index (χ2v) is 1.62. The van der Waals surface area contributed by atoms with Gasteiger partial charge < -0.3 is 15.5 Å². The zero-order valence-electron chi connectivity index (χ0n) is 6.13. The molecule has 0 heterocycles. The Morgan fingerprint density at radius 2 is 2.00 bits per heavy atom. The zero-order chi connectivity index (χ0) is 7.11. The van der Waals surface area contributed by atoms with Crippen molar-refractivity contribution in [1.29, 1.82) is 0 Å². The average Bonchev–Trinajstić information content (AvgIpc) is 1.80. The Morgan fingerprint density at radius 1 is 1.40 bits per heavy atom. The standard InChI is InChI=1S/C5H11NO3.Na/c7-4-3-6-2-1-5(8)9;/h6-7H,1-4H2,(H,8,9);. The van der Waals surface area contributed by atoms with Crippen LogP contribution in [0, 0.1) is 0 Å². The van der Waals surface area contributed by atoms with Crippen molar-refractivity contribution in [3.8, 4) is 0 Å². The van der Waals surface area contributed by atoms with Gasteiger partial charge in [0.2, 0.25) is 0 Å². The minimum Gasteiger partial charge on any atom is -0.481 e. The fourth-order valence-electron chi connectivity index (χ4n) is 0.399. The summed E-state index contributed by atoms with van der Waals surface area (Å²) in [6.45, 7) is 0.947. The molecule has 0 aromatic rings. The molecule has 0 bridgehead atoms. The number of carbonyl (C=O) groups is 1. The number of aliphatic hydroxyl groups is 1. The molecule has 4 nitrogen and oxygen atoms in total. The molecule has 55 valence electrons. The van der Waals surface area contributed by atoms with E-state index in [1.165, 1.54) is 0 Å². The summed E-state index contributed by atoms with van der Waals surface area (Å²) in [5.74, 6) is -0.819. The second-order valence-electron chi connectivity index (χ2n) is 1.62. The summed E-state index contributed by atoms with van der Waals surface area (Å²) >= 11 is 0.